The van der Waals surface area contributed by atoms with Crippen LogP contribution in [0.2, 0.25) is 0 Å². The molecule has 0 atom stereocenters. The van der Waals surface area contributed by atoms with Crippen molar-refractivity contribution in [2.45, 2.75) is 26.7 Å². The third-order valence-electron chi connectivity index (χ3n) is 3.91. The average molecular weight is 291 g/mol. The second-order valence-corrected chi connectivity index (χ2v) is 6.40. The van der Waals surface area contributed by atoms with Crippen LogP contribution in [0.3, 0.4) is 0 Å². The smallest absolute Gasteiger partial charge is 0.170 e. The maximum atomic E-state index is 8.61. The van der Waals surface area contributed by atoms with Gasteiger partial charge in [-0.2, -0.15) is 0 Å². The molecule has 0 amide bonds. The number of ether oxygens (including phenoxy) is 1. The van der Waals surface area contributed by atoms with Crippen LogP contribution in [0, 0.1) is 5.41 Å². The van der Waals surface area contributed by atoms with Crippen LogP contribution in [0.15, 0.2) is 29.4 Å². The normalized spacial score (nSPS) is 19.4. The Morgan fingerprint density at radius 2 is 2.10 bits per heavy atom. The van der Waals surface area contributed by atoms with Gasteiger partial charge in [-0.25, -0.2) is 0 Å². The lowest BCUT2D eigenvalue weighted by atomic mass is 9.84. The van der Waals surface area contributed by atoms with Crippen LogP contribution >= 0.6 is 0 Å². The fraction of sp³-hybridized carbons (Fsp3) is 0.562. The maximum Gasteiger partial charge on any atom is 0.170 e. The summed E-state index contributed by atoms with van der Waals surface area (Å²) >= 11 is 0. The second kappa shape index (κ2) is 6.80. The van der Waals surface area contributed by atoms with Crippen molar-refractivity contribution < 1.29 is 9.94 Å². The van der Waals surface area contributed by atoms with Gasteiger partial charge in [0.25, 0.3) is 0 Å². The highest BCUT2D eigenvalue weighted by atomic mass is 16.5. The molecule has 1 aromatic carbocycles. The number of amidine groups is 1. The number of nitrogens with zero attached hydrogens (tertiary/aromatic N) is 2. The number of benzene rings is 1. The third-order valence-corrected chi connectivity index (χ3v) is 3.91. The molecule has 3 N–H and O–H groups in total. The minimum Gasteiger partial charge on any atom is -0.492 e. The summed E-state index contributed by atoms with van der Waals surface area (Å²) in [6, 6.07) is 7.25. The Hall–Kier alpha value is -1.75. The largest absolute Gasteiger partial charge is 0.492 e. The third kappa shape index (κ3) is 4.63. The molecule has 0 saturated carbocycles. The molecule has 1 aromatic rings. The highest BCUT2D eigenvalue weighted by Crippen LogP contribution is 2.28. The molecule has 1 fully saturated rings. The van der Waals surface area contributed by atoms with Crippen LogP contribution in [0.5, 0.6) is 5.75 Å². The number of piperidine rings is 1. The molecule has 1 saturated heterocycles. The van der Waals surface area contributed by atoms with Crippen LogP contribution in [-0.2, 0) is 0 Å². The molecule has 21 heavy (non-hydrogen) atoms. The number of rotatable bonds is 5. The Kier molecular flexibility index (Phi) is 5.07. The Balaban J connectivity index is 1.78. The van der Waals surface area contributed by atoms with E-state index in [1.165, 1.54) is 12.8 Å². The molecule has 0 aliphatic carbocycles. The number of nitrogens with two attached hydrogens (primary N) is 1. The molecule has 2 rings (SSSR count). The standard InChI is InChI=1S/C16H25N3O2/c1-16(2)8-3-9-19(12-16)10-11-21-14-6-4-13(5-7-14)15(17)18-20/h4-7,20H,3,8-12H2,1-2H3,(H2,17,18). The van der Waals surface area contributed by atoms with Crippen molar-refractivity contribution in [3.63, 3.8) is 0 Å². The quantitative estimate of drug-likeness (QED) is 0.378. The van der Waals surface area contributed by atoms with Gasteiger partial charge in [0.2, 0.25) is 0 Å². The Morgan fingerprint density at radius 1 is 1.38 bits per heavy atom. The zero-order valence-electron chi connectivity index (χ0n) is 12.9. The predicted molar refractivity (Wildman–Crippen MR) is 83.9 cm³/mol. The lowest BCUT2D eigenvalue weighted by molar-refractivity contribution is 0.102. The molecule has 0 radical (unpaired) electrons. The van der Waals surface area contributed by atoms with Crippen molar-refractivity contribution in [1.82, 2.24) is 4.90 Å². The first-order valence-electron chi connectivity index (χ1n) is 7.43. The first kappa shape index (κ1) is 15.6. The van der Waals surface area contributed by atoms with E-state index in [1.807, 2.05) is 12.1 Å². The van der Waals surface area contributed by atoms with Gasteiger partial charge in [-0.05, 0) is 49.1 Å². The fourth-order valence-corrected chi connectivity index (χ4v) is 2.81. The van der Waals surface area contributed by atoms with Crippen LogP contribution < -0.4 is 10.5 Å². The first-order valence-corrected chi connectivity index (χ1v) is 7.43. The van der Waals surface area contributed by atoms with Gasteiger partial charge in [-0.1, -0.05) is 19.0 Å². The summed E-state index contributed by atoms with van der Waals surface area (Å²) in [7, 11) is 0. The molecule has 116 valence electrons. The van der Waals surface area contributed by atoms with Gasteiger partial charge in [0.05, 0.1) is 0 Å². The van der Waals surface area contributed by atoms with E-state index in [0.29, 0.717) is 17.6 Å². The molecular weight excluding hydrogens is 266 g/mol. The Bertz CT molecular complexity index is 483. The summed E-state index contributed by atoms with van der Waals surface area (Å²) < 4.78 is 5.76. The SMILES string of the molecule is CC1(C)CCCN(CCOc2ccc(C(N)=NO)cc2)C1. The zero-order chi connectivity index (χ0) is 15.3. The van der Waals surface area contributed by atoms with Crippen molar-refractivity contribution in [1.29, 1.82) is 0 Å². The molecule has 0 bridgehead atoms. The van der Waals surface area contributed by atoms with Gasteiger partial charge >= 0.3 is 0 Å². The molecule has 1 heterocycles. The molecule has 0 unspecified atom stereocenters. The van der Waals surface area contributed by atoms with E-state index in [0.717, 1.165) is 25.4 Å². The van der Waals surface area contributed by atoms with Gasteiger partial charge in [0.1, 0.15) is 12.4 Å². The van der Waals surface area contributed by atoms with Crippen LogP contribution in [0.4, 0.5) is 0 Å². The lowest BCUT2D eigenvalue weighted by Gasteiger charge is -2.37. The highest BCUT2D eigenvalue weighted by molar-refractivity contribution is 5.97. The Morgan fingerprint density at radius 3 is 2.71 bits per heavy atom. The molecule has 1 aliphatic heterocycles. The second-order valence-electron chi connectivity index (χ2n) is 6.40. The predicted octanol–water partition coefficient (Wildman–Crippen LogP) is 2.28. The molecule has 5 nitrogen and oxygen atoms in total. The van der Waals surface area contributed by atoms with Gasteiger partial charge < -0.3 is 15.7 Å². The van der Waals surface area contributed by atoms with Gasteiger partial charge in [0.15, 0.2) is 5.84 Å². The first-order chi connectivity index (χ1) is 10.00. The molecule has 1 aliphatic rings. The minimum absolute atomic E-state index is 0.108. The Labute approximate surface area is 126 Å². The number of oxime groups is 1. The molecule has 0 spiro atoms. The van der Waals surface area contributed by atoms with Gasteiger partial charge in [-0.15, -0.1) is 0 Å². The van der Waals surface area contributed by atoms with E-state index in [1.54, 1.807) is 12.1 Å². The van der Waals surface area contributed by atoms with E-state index >= 15 is 0 Å². The zero-order valence-corrected chi connectivity index (χ0v) is 12.9. The summed E-state index contributed by atoms with van der Waals surface area (Å²) in [6.07, 6.45) is 2.57. The highest BCUT2D eigenvalue weighted by Gasteiger charge is 2.25. The summed E-state index contributed by atoms with van der Waals surface area (Å²) in [5.74, 6) is 0.915. The number of hydrogen-bond donors (Lipinski definition) is 2. The maximum absolute atomic E-state index is 8.61. The average Bonchev–Trinajstić information content (AvgIpc) is 2.46. The molecule has 5 heteroatoms. The van der Waals surface area contributed by atoms with Crippen LogP contribution in [0.1, 0.15) is 32.3 Å². The van der Waals surface area contributed by atoms with Gasteiger partial charge in [0, 0.05) is 18.7 Å². The number of likely N-dealkylation sites (tertiary alicyclic amines) is 1. The van der Waals surface area contributed by atoms with E-state index in [-0.39, 0.29) is 5.84 Å². The van der Waals surface area contributed by atoms with E-state index in [9.17, 15) is 0 Å². The van der Waals surface area contributed by atoms with Gasteiger partial charge in [-0.3, -0.25) is 4.90 Å². The van der Waals surface area contributed by atoms with Crippen LogP contribution in [0.25, 0.3) is 0 Å². The van der Waals surface area contributed by atoms with Crippen molar-refractivity contribution in [2.75, 3.05) is 26.2 Å². The number of hydrogen-bond acceptors (Lipinski definition) is 4. The van der Waals surface area contributed by atoms with E-state index in [4.69, 9.17) is 15.7 Å². The summed E-state index contributed by atoms with van der Waals surface area (Å²) in [6.45, 7) is 8.58. The van der Waals surface area contributed by atoms with Crippen LogP contribution in [-0.4, -0.2) is 42.2 Å². The summed E-state index contributed by atoms with van der Waals surface area (Å²) in [5, 5.41) is 11.6. The summed E-state index contributed by atoms with van der Waals surface area (Å²) in [4.78, 5) is 2.47. The van der Waals surface area contributed by atoms with E-state index in [2.05, 4.69) is 23.9 Å². The van der Waals surface area contributed by atoms with E-state index < -0.39 is 0 Å². The topological polar surface area (TPSA) is 71.1 Å². The van der Waals surface area contributed by atoms with Crippen molar-refractivity contribution in [3.05, 3.63) is 29.8 Å². The fourth-order valence-electron chi connectivity index (χ4n) is 2.81. The minimum atomic E-state index is 0.108. The monoisotopic (exact) mass is 291 g/mol. The molecule has 0 aromatic heterocycles. The van der Waals surface area contributed by atoms with Crippen molar-refractivity contribution >= 4 is 5.84 Å². The summed E-state index contributed by atoms with van der Waals surface area (Å²) in [5.41, 5.74) is 6.62. The molecular formula is C16H25N3O2. The van der Waals surface area contributed by atoms with Crippen molar-refractivity contribution in [3.8, 4) is 5.75 Å². The van der Waals surface area contributed by atoms with Crippen molar-refractivity contribution in [2.24, 2.45) is 16.3 Å². The lowest BCUT2D eigenvalue weighted by Crippen LogP contribution is -2.41.